The van der Waals surface area contributed by atoms with Crippen molar-refractivity contribution in [2.24, 2.45) is 0 Å². The van der Waals surface area contributed by atoms with Crippen molar-refractivity contribution in [1.82, 2.24) is 14.9 Å². The third-order valence-electron chi connectivity index (χ3n) is 2.93. The topological polar surface area (TPSA) is 56.1 Å². The Morgan fingerprint density at radius 1 is 1.43 bits per heavy atom. The van der Waals surface area contributed by atoms with Crippen LogP contribution in [0.1, 0.15) is 26.5 Å². The zero-order valence-corrected chi connectivity index (χ0v) is 14.9. The second-order valence-electron chi connectivity index (χ2n) is 6.03. The highest BCUT2D eigenvalue weighted by Gasteiger charge is 2.16. The van der Waals surface area contributed by atoms with E-state index >= 15 is 0 Å². The number of carbonyl (C=O) groups is 1. The number of nitrogens with one attached hydrogen (secondary N) is 1. The summed E-state index contributed by atoms with van der Waals surface area (Å²) in [7, 11) is 0. The van der Waals surface area contributed by atoms with Crippen LogP contribution in [0.25, 0.3) is 5.69 Å². The fraction of sp³-hybridized carbons (Fsp3) is 0.375. The molecule has 23 heavy (non-hydrogen) atoms. The summed E-state index contributed by atoms with van der Waals surface area (Å²) in [6.07, 6.45) is 3.49. The van der Waals surface area contributed by atoms with E-state index in [1.807, 2.05) is 25.3 Å². The molecule has 0 unspecified atom stereocenters. The van der Waals surface area contributed by atoms with Crippen LogP contribution in [-0.2, 0) is 11.2 Å². The zero-order valence-electron chi connectivity index (χ0n) is 13.3. The van der Waals surface area contributed by atoms with Crippen molar-refractivity contribution in [3.8, 4) is 5.69 Å². The molecule has 0 spiro atoms. The Kier molecular flexibility index (Phi) is 5.41. The van der Waals surface area contributed by atoms with E-state index < -0.39 is 11.7 Å². The molecule has 5 nitrogen and oxygen atoms in total. The number of halogens is 2. The second-order valence-corrected chi connectivity index (χ2v) is 6.88. The molecule has 1 amide bonds. The van der Waals surface area contributed by atoms with Gasteiger partial charge in [0, 0.05) is 29.3 Å². The molecule has 1 aromatic carbocycles. The van der Waals surface area contributed by atoms with Gasteiger partial charge < -0.3 is 14.6 Å². The maximum atomic E-state index is 13.2. The van der Waals surface area contributed by atoms with Crippen LogP contribution in [0.4, 0.5) is 9.18 Å². The first-order chi connectivity index (χ1) is 10.8. The first-order valence-electron chi connectivity index (χ1n) is 7.20. The van der Waals surface area contributed by atoms with Gasteiger partial charge >= 0.3 is 6.09 Å². The summed E-state index contributed by atoms with van der Waals surface area (Å²) >= 11 is 3.35. The molecule has 1 aromatic heterocycles. The molecule has 0 atom stereocenters. The van der Waals surface area contributed by atoms with E-state index in [1.165, 1.54) is 12.1 Å². The van der Waals surface area contributed by atoms with Gasteiger partial charge in [0.05, 0.1) is 12.0 Å². The number of hydrogen-bond acceptors (Lipinski definition) is 3. The lowest BCUT2D eigenvalue weighted by Crippen LogP contribution is -2.33. The Bertz CT molecular complexity index is 695. The number of amides is 1. The van der Waals surface area contributed by atoms with Crippen LogP contribution in [0.3, 0.4) is 0 Å². The van der Waals surface area contributed by atoms with Gasteiger partial charge in [-0.05, 0) is 54.9 Å². The summed E-state index contributed by atoms with van der Waals surface area (Å²) < 4.78 is 20.9. The maximum absolute atomic E-state index is 13.2. The van der Waals surface area contributed by atoms with Crippen LogP contribution in [0.15, 0.2) is 35.2 Å². The number of nitrogens with zero attached hydrogens (tertiary/aromatic N) is 2. The zero-order chi connectivity index (χ0) is 17.0. The Morgan fingerprint density at radius 3 is 2.83 bits per heavy atom. The fourth-order valence-corrected chi connectivity index (χ4v) is 2.55. The van der Waals surface area contributed by atoms with Crippen molar-refractivity contribution < 1.29 is 13.9 Å². The third-order valence-corrected chi connectivity index (χ3v) is 3.57. The first-order valence-corrected chi connectivity index (χ1v) is 7.99. The molecule has 124 valence electrons. The quantitative estimate of drug-likeness (QED) is 0.872. The summed E-state index contributed by atoms with van der Waals surface area (Å²) in [4.78, 5) is 15.8. The molecule has 7 heteroatoms. The predicted octanol–water partition coefficient (Wildman–Crippen LogP) is 3.84. The SMILES string of the molecule is CC(C)(C)OC(=O)NCCc1cncn1-c1ccc(F)cc1Br. The number of hydrogen-bond donors (Lipinski definition) is 1. The molecule has 2 aromatic rings. The molecule has 0 radical (unpaired) electrons. The van der Waals surface area contributed by atoms with Crippen LogP contribution in [-0.4, -0.2) is 27.8 Å². The van der Waals surface area contributed by atoms with Crippen LogP contribution >= 0.6 is 15.9 Å². The molecular weight excluding hydrogens is 365 g/mol. The number of alkyl carbamates (subject to hydrolysis) is 1. The number of aromatic nitrogens is 2. The van der Waals surface area contributed by atoms with Gasteiger partial charge in [-0.3, -0.25) is 0 Å². The van der Waals surface area contributed by atoms with E-state index in [0.717, 1.165) is 11.4 Å². The number of benzene rings is 1. The van der Waals surface area contributed by atoms with E-state index in [9.17, 15) is 9.18 Å². The van der Waals surface area contributed by atoms with E-state index in [4.69, 9.17) is 4.74 Å². The summed E-state index contributed by atoms with van der Waals surface area (Å²) in [5.41, 5.74) is 1.16. The molecule has 1 heterocycles. The van der Waals surface area contributed by atoms with Crippen LogP contribution in [0.5, 0.6) is 0 Å². The Morgan fingerprint density at radius 2 is 2.17 bits per heavy atom. The standard InChI is InChI=1S/C16H19BrFN3O2/c1-16(2,3)23-15(22)20-7-6-12-9-19-10-21(12)14-5-4-11(18)8-13(14)17/h4-5,8-10H,6-7H2,1-3H3,(H,20,22). The van der Waals surface area contributed by atoms with Crippen molar-refractivity contribution in [1.29, 1.82) is 0 Å². The van der Waals surface area contributed by atoms with E-state index in [2.05, 4.69) is 26.2 Å². The summed E-state index contributed by atoms with van der Waals surface area (Å²) in [6, 6.07) is 4.47. The minimum absolute atomic E-state index is 0.311. The van der Waals surface area contributed by atoms with Gasteiger partial charge in [-0.25, -0.2) is 14.2 Å². The van der Waals surface area contributed by atoms with Crippen molar-refractivity contribution in [2.45, 2.75) is 32.8 Å². The third kappa shape index (κ3) is 5.06. The maximum Gasteiger partial charge on any atom is 0.407 e. The molecule has 0 fully saturated rings. The minimum atomic E-state index is -0.523. The number of carbonyl (C=O) groups excluding carboxylic acids is 1. The Hall–Kier alpha value is -1.89. The van der Waals surface area contributed by atoms with Gasteiger partial charge in [0.1, 0.15) is 11.4 Å². The summed E-state index contributed by atoms with van der Waals surface area (Å²) in [6.45, 7) is 5.86. The predicted molar refractivity (Wildman–Crippen MR) is 89.2 cm³/mol. The lowest BCUT2D eigenvalue weighted by molar-refractivity contribution is 0.0528. The van der Waals surface area contributed by atoms with Crippen molar-refractivity contribution in [2.75, 3.05) is 6.54 Å². The van der Waals surface area contributed by atoms with Crippen molar-refractivity contribution >= 4 is 22.0 Å². The number of rotatable bonds is 4. The molecule has 0 aliphatic rings. The molecule has 0 aliphatic heterocycles. The van der Waals surface area contributed by atoms with Crippen LogP contribution in [0.2, 0.25) is 0 Å². The van der Waals surface area contributed by atoms with Crippen LogP contribution in [0, 0.1) is 5.82 Å². The number of ether oxygens (including phenoxy) is 1. The van der Waals surface area contributed by atoms with Gasteiger partial charge in [-0.2, -0.15) is 0 Å². The highest BCUT2D eigenvalue weighted by molar-refractivity contribution is 9.10. The average Bonchev–Trinajstić information content (AvgIpc) is 2.85. The van der Waals surface area contributed by atoms with Gasteiger partial charge in [0.2, 0.25) is 0 Å². The van der Waals surface area contributed by atoms with Gasteiger partial charge in [-0.15, -0.1) is 0 Å². The second kappa shape index (κ2) is 7.12. The smallest absolute Gasteiger partial charge is 0.407 e. The monoisotopic (exact) mass is 383 g/mol. The van der Waals surface area contributed by atoms with E-state index in [1.54, 1.807) is 18.6 Å². The average molecular weight is 384 g/mol. The first kappa shape index (κ1) is 17.5. The molecule has 0 bridgehead atoms. The Balaban J connectivity index is 2.01. The highest BCUT2D eigenvalue weighted by atomic mass is 79.9. The molecule has 2 rings (SSSR count). The van der Waals surface area contributed by atoms with Crippen molar-refractivity contribution in [3.05, 3.63) is 46.7 Å². The molecule has 0 aliphatic carbocycles. The fourth-order valence-electron chi connectivity index (χ4n) is 2.01. The van der Waals surface area contributed by atoms with Crippen LogP contribution < -0.4 is 5.32 Å². The van der Waals surface area contributed by atoms with Gasteiger partial charge in [-0.1, -0.05) is 0 Å². The highest BCUT2D eigenvalue weighted by Crippen LogP contribution is 2.23. The lowest BCUT2D eigenvalue weighted by atomic mass is 10.2. The summed E-state index contributed by atoms with van der Waals surface area (Å²) in [5.74, 6) is -0.311. The molecule has 1 N–H and O–H groups in total. The van der Waals surface area contributed by atoms with E-state index in [0.29, 0.717) is 17.4 Å². The lowest BCUT2D eigenvalue weighted by Gasteiger charge is -2.19. The molecule has 0 saturated heterocycles. The molecular formula is C16H19BrFN3O2. The van der Waals surface area contributed by atoms with Crippen molar-refractivity contribution in [3.63, 3.8) is 0 Å². The van der Waals surface area contributed by atoms with E-state index in [-0.39, 0.29) is 5.82 Å². The van der Waals surface area contributed by atoms with Gasteiger partial charge in [0.15, 0.2) is 0 Å². The normalized spacial score (nSPS) is 11.3. The van der Waals surface area contributed by atoms with Gasteiger partial charge in [0.25, 0.3) is 0 Å². The number of imidazole rings is 1. The Labute approximate surface area is 143 Å². The minimum Gasteiger partial charge on any atom is -0.444 e. The molecule has 0 saturated carbocycles. The summed E-state index contributed by atoms with van der Waals surface area (Å²) in [5, 5.41) is 2.71. The largest absolute Gasteiger partial charge is 0.444 e.